The van der Waals surface area contributed by atoms with Crippen LogP contribution in [0.15, 0.2) is 65.8 Å². The molecule has 1 aromatic heterocycles. The first-order chi connectivity index (χ1) is 15.3. The van der Waals surface area contributed by atoms with Crippen LogP contribution in [0.2, 0.25) is 0 Å². The highest BCUT2D eigenvalue weighted by atomic mass is 32.2. The summed E-state index contributed by atoms with van der Waals surface area (Å²) in [4.78, 5) is 17.1. The fourth-order valence-electron chi connectivity index (χ4n) is 3.19. The molecule has 2 amide bonds. The minimum Gasteiger partial charge on any atom is -0.496 e. The average molecular weight is 458 g/mol. The summed E-state index contributed by atoms with van der Waals surface area (Å²) in [7, 11) is -0.241. The van der Waals surface area contributed by atoms with E-state index in [1.807, 2.05) is 42.8 Å². The molecule has 9 nitrogen and oxygen atoms in total. The van der Waals surface area contributed by atoms with Gasteiger partial charge in [-0.15, -0.1) is 0 Å². The Labute approximate surface area is 187 Å². The molecule has 1 heterocycles. The number of nitrogens with one attached hydrogen (secondary N) is 3. The summed E-state index contributed by atoms with van der Waals surface area (Å²) in [5, 5.41) is 5.58. The molecule has 0 fully saturated rings. The third-order valence-electron chi connectivity index (χ3n) is 4.88. The monoisotopic (exact) mass is 457 g/mol. The first-order valence-corrected chi connectivity index (χ1v) is 11.5. The van der Waals surface area contributed by atoms with Gasteiger partial charge >= 0.3 is 6.03 Å². The number of ether oxygens (including phenoxy) is 1. The number of sulfonamides is 1. The number of benzene rings is 2. The Kier molecular flexibility index (Phi) is 7.49. The van der Waals surface area contributed by atoms with E-state index in [-0.39, 0.29) is 18.0 Å². The molecule has 10 heteroatoms. The number of imidazole rings is 1. The van der Waals surface area contributed by atoms with Crippen LogP contribution in [-0.2, 0) is 17.1 Å². The predicted octanol–water partition coefficient (Wildman–Crippen LogP) is 2.10. The van der Waals surface area contributed by atoms with Crippen molar-refractivity contribution in [1.82, 2.24) is 24.9 Å². The quantitative estimate of drug-likeness (QED) is 0.426. The second kappa shape index (κ2) is 10.3. The molecule has 170 valence electrons. The molecule has 3 N–H and O–H groups in total. The fourth-order valence-corrected chi connectivity index (χ4v) is 4.22. The molecule has 0 saturated carbocycles. The maximum Gasteiger partial charge on any atom is 0.315 e. The van der Waals surface area contributed by atoms with Crippen molar-refractivity contribution < 1.29 is 17.9 Å². The molecule has 3 aromatic rings. The van der Waals surface area contributed by atoms with Crippen LogP contribution in [0.25, 0.3) is 0 Å². The number of carbonyl (C=O) groups is 1. The molecule has 32 heavy (non-hydrogen) atoms. The summed E-state index contributed by atoms with van der Waals surface area (Å²) < 4.78 is 34.4. The highest BCUT2D eigenvalue weighted by molar-refractivity contribution is 7.89. The predicted molar refractivity (Wildman–Crippen MR) is 121 cm³/mol. The summed E-state index contributed by atoms with van der Waals surface area (Å²) in [5.41, 5.74) is 1.72. The van der Waals surface area contributed by atoms with E-state index in [1.165, 1.54) is 0 Å². The van der Waals surface area contributed by atoms with Gasteiger partial charge in [-0.1, -0.05) is 35.9 Å². The summed E-state index contributed by atoms with van der Waals surface area (Å²) in [6, 6.07) is 12.9. The molecule has 2 aromatic carbocycles. The number of methoxy groups -OCH3 is 1. The van der Waals surface area contributed by atoms with Gasteiger partial charge in [-0.05, 0) is 25.1 Å². The van der Waals surface area contributed by atoms with Gasteiger partial charge < -0.3 is 19.9 Å². The second-order valence-corrected chi connectivity index (χ2v) is 8.95. The van der Waals surface area contributed by atoms with E-state index in [1.54, 1.807) is 43.8 Å². The molecule has 0 spiro atoms. The van der Waals surface area contributed by atoms with Gasteiger partial charge in [0.15, 0.2) is 0 Å². The lowest BCUT2D eigenvalue weighted by molar-refractivity contribution is 0.238. The first-order valence-electron chi connectivity index (χ1n) is 10.0. The summed E-state index contributed by atoms with van der Waals surface area (Å²) in [6.45, 7) is 2.04. The van der Waals surface area contributed by atoms with Crippen LogP contribution in [-0.4, -0.2) is 44.2 Å². The van der Waals surface area contributed by atoms with E-state index in [0.717, 1.165) is 11.1 Å². The van der Waals surface area contributed by atoms with Crippen LogP contribution in [0.1, 0.15) is 23.0 Å². The van der Waals surface area contributed by atoms with Crippen LogP contribution in [0.4, 0.5) is 4.79 Å². The Morgan fingerprint density at radius 3 is 2.50 bits per heavy atom. The molecule has 0 radical (unpaired) electrons. The van der Waals surface area contributed by atoms with Gasteiger partial charge in [0.1, 0.15) is 17.6 Å². The molecule has 1 atom stereocenters. The largest absolute Gasteiger partial charge is 0.496 e. The van der Waals surface area contributed by atoms with E-state index in [2.05, 4.69) is 20.3 Å². The number of rotatable bonds is 9. The number of carbonyl (C=O) groups excluding carboxylic acids is 1. The van der Waals surface area contributed by atoms with Crippen LogP contribution in [0, 0.1) is 6.92 Å². The van der Waals surface area contributed by atoms with E-state index in [0.29, 0.717) is 11.6 Å². The van der Waals surface area contributed by atoms with Crippen LogP contribution in [0.5, 0.6) is 5.75 Å². The zero-order chi connectivity index (χ0) is 23.1. The van der Waals surface area contributed by atoms with Crippen molar-refractivity contribution in [3.05, 3.63) is 77.9 Å². The van der Waals surface area contributed by atoms with Gasteiger partial charge in [-0.2, -0.15) is 0 Å². The zero-order valence-electron chi connectivity index (χ0n) is 18.2. The molecule has 0 aliphatic heterocycles. The summed E-state index contributed by atoms with van der Waals surface area (Å²) in [6.07, 6.45) is 3.44. The number of nitrogens with zero attached hydrogens (tertiary/aromatic N) is 2. The topological polar surface area (TPSA) is 114 Å². The number of hydrogen-bond acceptors (Lipinski definition) is 5. The Morgan fingerprint density at radius 1 is 1.12 bits per heavy atom. The molecule has 1 unspecified atom stereocenters. The number of para-hydroxylation sites is 1. The van der Waals surface area contributed by atoms with Crippen molar-refractivity contribution >= 4 is 16.1 Å². The Bertz CT molecular complexity index is 1160. The Balaban J connectivity index is 1.62. The van der Waals surface area contributed by atoms with Crippen molar-refractivity contribution in [3.8, 4) is 5.75 Å². The van der Waals surface area contributed by atoms with E-state index >= 15 is 0 Å². The Morgan fingerprint density at radius 2 is 1.84 bits per heavy atom. The molecule has 3 rings (SSSR count). The van der Waals surface area contributed by atoms with Crippen molar-refractivity contribution in [3.63, 3.8) is 0 Å². The number of aromatic nitrogens is 2. The molecule has 0 bridgehead atoms. The SMILES string of the molecule is COc1ccccc1C(NC(=O)NCCNS(=O)(=O)c1ccc(C)cc1)c1nccn1C. The van der Waals surface area contributed by atoms with Crippen LogP contribution < -0.4 is 20.1 Å². The third-order valence-corrected chi connectivity index (χ3v) is 6.35. The number of aryl methyl sites for hydroxylation is 2. The number of urea groups is 1. The van der Waals surface area contributed by atoms with E-state index in [9.17, 15) is 13.2 Å². The molecular weight excluding hydrogens is 430 g/mol. The van der Waals surface area contributed by atoms with Gasteiger partial charge in [0, 0.05) is 38.1 Å². The van der Waals surface area contributed by atoms with Crippen LogP contribution in [0.3, 0.4) is 0 Å². The molecular formula is C22H27N5O4S. The number of amides is 2. The zero-order valence-corrected chi connectivity index (χ0v) is 19.0. The van der Waals surface area contributed by atoms with Gasteiger partial charge in [-0.3, -0.25) is 0 Å². The van der Waals surface area contributed by atoms with Gasteiger partial charge in [0.05, 0.1) is 12.0 Å². The molecule has 0 aliphatic carbocycles. The fraction of sp³-hybridized carbons (Fsp3) is 0.273. The van der Waals surface area contributed by atoms with Crippen molar-refractivity contribution in [2.75, 3.05) is 20.2 Å². The lowest BCUT2D eigenvalue weighted by Gasteiger charge is -2.21. The maximum absolute atomic E-state index is 12.6. The van der Waals surface area contributed by atoms with E-state index in [4.69, 9.17) is 4.74 Å². The maximum atomic E-state index is 12.6. The smallest absolute Gasteiger partial charge is 0.315 e. The van der Waals surface area contributed by atoms with Gasteiger partial charge in [-0.25, -0.2) is 22.9 Å². The van der Waals surface area contributed by atoms with Gasteiger partial charge in [0.2, 0.25) is 10.0 Å². The van der Waals surface area contributed by atoms with Crippen molar-refractivity contribution in [2.45, 2.75) is 17.9 Å². The average Bonchev–Trinajstić information content (AvgIpc) is 3.21. The summed E-state index contributed by atoms with van der Waals surface area (Å²) >= 11 is 0. The molecule has 0 saturated heterocycles. The highest BCUT2D eigenvalue weighted by Gasteiger charge is 2.23. The van der Waals surface area contributed by atoms with Crippen molar-refractivity contribution in [2.24, 2.45) is 7.05 Å². The normalized spacial score (nSPS) is 12.2. The first kappa shape index (κ1) is 23.3. The highest BCUT2D eigenvalue weighted by Crippen LogP contribution is 2.28. The minimum absolute atomic E-state index is 0.0470. The lowest BCUT2D eigenvalue weighted by atomic mass is 10.0. The van der Waals surface area contributed by atoms with E-state index < -0.39 is 22.1 Å². The minimum atomic E-state index is -3.64. The lowest BCUT2D eigenvalue weighted by Crippen LogP contribution is -2.42. The van der Waals surface area contributed by atoms with Gasteiger partial charge in [0.25, 0.3) is 0 Å². The van der Waals surface area contributed by atoms with Crippen LogP contribution >= 0.6 is 0 Å². The summed E-state index contributed by atoms with van der Waals surface area (Å²) in [5.74, 6) is 1.25. The third kappa shape index (κ3) is 5.65. The van der Waals surface area contributed by atoms with Crippen molar-refractivity contribution in [1.29, 1.82) is 0 Å². The number of hydrogen-bond donors (Lipinski definition) is 3. The Hall–Kier alpha value is -3.37. The second-order valence-electron chi connectivity index (χ2n) is 7.18. The standard InChI is InChI=1S/C22H27N5O4S/c1-16-8-10-17(11-9-16)32(29,30)25-13-12-24-22(28)26-20(21-23-14-15-27(21)2)18-6-4-5-7-19(18)31-3/h4-11,14-15,20,25H,12-13H2,1-3H3,(H2,24,26,28). The molecule has 0 aliphatic rings.